The number of amides is 1. The van der Waals surface area contributed by atoms with Crippen LogP contribution < -0.4 is 5.32 Å². The van der Waals surface area contributed by atoms with Gasteiger partial charge in [-0.1, -0.05) is 109 Å². The van der Waals surface area contributed by atoms with Crippen LogP contribution in [0.5, 0.6) is 0 Å². The number of carbonyl (C=O) groups is 1. The summed E-state index contributed by atoms with van der Waals surface area (Å²) >= 11 is 0. The van der Waals surface area contributed by atoms with Crippen LogP contribution in [0.2, 0.25) is 0 Å². The van der Waals surface area contributed by atoms with Gasteiger partial charge in [-0.25, -0.2) is 0 Å². The molecule has 0 bridgehead atoms. The maximum atomic E-state index is 12.3. The van der Waals surface area contributed by atoms with E-state index in [4.69, 9.17) is 0 Å². The molecule has 0 aromatic carbocycles. The van der Waals surface area contributed by atoms with Gasteiger partial charge in [-0.15, -0.1) is 0 Å². The number of nitrogens with one attached hydrogen (secondary N) is 1. The zero-order valence-corrected chi connectivity index (χ0v) is 23.2. The van der Waals surface area contributed by atoms with Crippen molar-refractivity contribution in [3.63, 3.8) is 0 Å². The minimum absolute atomic E-state index is 0.285. The molecule has 0 radical (unpaired) electrons. The van der Waals surface area contributed by atoms with Crippen molar-refractivity contribution in [1.82, 2.24) is 5.32 Å². The van der Waals surface area contributed by atoms with Crippen molar-refractivity contribution in [3.8, 4) is 0 Å². The first-order valence-electron chi connectivity index (χ1n) is 14.0. The van der Waals surface area contributed by atoms with Gasteiger partial charge in [-0.3, -0.25) is 9.35 Å². The van der Waals surface area contributed by atoms with E-state index in [0.29, 0.717) is 0 Å². The van der Waals surface area contributed by atoms with Crippen LogP contribution in [0.25, 0.3) is 0 Å². The molecule has 0 saturated carbocycles. The average molecular weight is 516 g/mol. The molecule has 6 nitrogen and oxygen atoms in total. The molecule has 35 heavy (non-hydrogen) atoms. The highest BCUT2D eigenvalue weighted by molar-refractivity contribution is 7.85. The molecule has 0 aliphatic heterocycles. The third-order valence-electron chi connectivity index (χ3n) is 6.12. The first kappa shape index (κ1) is 33.8. The zero-order valence-electron chi connectivity index (χ0n) is 22.4. The summed E-state index contributed by atoms with van der Waals surface area (Å²) in [6.07, 6.45) is 25.9. The molecule has 0 aromatic heterocycles. The Morgan fingerprint density at radius 2 is 1.23 bits per heavy atom. The summed E-state index contributed by atoms with van der Waals surface area (Å²) in [6, 6.07) is -1.05. The maximum absolute atomic E-state index is 12.3. The Hall–Kier alpha value is -1.18. The van der Waals surface area contributed by atoms with Gasteiger partial charge in [0, 0.05) is 6.42 Å². The van der Waals surface area contributed by atoms with Crippen LogP contribution in [0.4, 0.5) is 0 Å². The van der Waals surface area contributed by atoms with E-state index >= 15 is 0 Å². The predicted octanol–water partition coefficient (Wildman–Crippen LogP) is 6.89. The van der Waals surface area contributed by atoms with Crippen LogP contribution in [0.15, 0.2) is 24.3 Å². The minimum atomic E-state index is -4.32. The number of hydrogen-bond donors (Lipinski definition) is 3. The molecule has 0 aliphatic carbocycles. The Morgan fingerprint density at radius 1 is 0.743 bits per heavy atom. The fraction of sp³-hybridized carbons (Fsp3) is 0.821. The number of allylic oxidation sites excluding steroid dienone is 3. The molecule has 0 rings (SSSR count). The zero-order chi connectivity index (χ0) is 26.2. The molecule has 7 heteroatoms. The Morgan fingerprint density at radius 3 is 1.80 bits per heavy atom. The van der Waals surface area contributed by atoms with Gasteiger partial charge in [0.1, 0.15) is 0 Å². The molecular weight excluding hydrogens is 462 g/mol. The van der Waals surface area contributed by atoms with Crippen molar-refractivity contribution in [2.75, 3.05) is 5.75 Å². The van der Waals surface area contributed by atoms with Gasteiger partial charge in [-0.2, -0.15) is 8.42 Å². The number of aliphatic hydroxyl groups is 1. The number of aliphatic hydroxyl groups excluding tert-OH is 1. The summed E-state index contributed by atoms with van der Waals surface area (Å²) in [5, 5.41) is 13.0. The molecule has 0 saturated heterocycles. The summed E-state index contributed by atoms with van der Waals surface area (Å²) in [5.74, 6) is -0.995. The lowest BCUT2D eigenvalue weighted by Gasteiger charge is -2.21. The van der Waals surface area contributed by atoms with Crippen LogP contribution in [0.3, 0.4) is 0 Å². The van der Waals surface area contributed by atoms with Gasteiger partial charge < -0.3 is 10.4 Å². The molecule has 2 unspecified atom stereocenters. The molecule has 0 spiro atoms. The quantitative estimate of drug-likeness (QED) is 0.0737. The van der Waals surface area contributed by atoms with E-state index in [0.717, 1.165) is 64.2 Å². The van der Waals surface area contributed by atoms with E-state index in [9.17, 15) is 22.9 Å². The standard InChI is InChI=1S/C28H53NO5S/c1-3-5-7-9-11-13-14-16-18-20-22-24-28(31)29-26(25-35(32,33)34)27(30)23-21-19-17-15-12-10-8-6-4-2/h9,11,21,23,26-27,30H,3-8,10,12-20,22,24-25H2,1-2H3,(H,29,31)(H,32,33,34)/b11-9-,23-21+. The molecule has 0 aromatic rings. The predicted molar refractivity (Wildman–Crippen MR) is 147 cm³/mol. The maximum Gasteiger partial charge on any atom is 0.267 e. The highest BCUT2D eigenvalue weighted by Gasteiger charge is 2.24. The summed E-state index contributed by atoms with van der Waals surface area (Å²) < 4.78 is 32.0. The van der Waals surface area contributed by atoms with Gasteiger partial charge in [0.2, 0.25) is 5.91 Å². The number of carbonyl (C=O) groups excluding carboxylic acids is 1. The molecule has 1 amide bonds. The van der Waals surface area contributed by atoms with Crippen molar-refractivity contribution in [3.05, 3.63) is 24.3 Å². The van der Waals surface area contributed by atoms with Crippen molar-refractivity contribution in [1.29, 1.82) is 0 Å². The SMILES string of the molecule is CCCC/C=C\CCCCCCCC(=O)NC(CS(=O)(=O)O)C(O)/C=C/CCCCCCCCC. The fourth-order valence-electron chi connectivity index (χ4n) is 3.96. The monoisotopic (exact) mass is 515 g/mol. The van der Waals surface area contributed by atoms with Crippen molar-refractivity contribution >= 4 is 16.0 Å². The van der Waals surface area contributed by atoms with Crippen molar-refractivity contribution < 1.29 is 22.9 Å². The van der Waals surface area contributed by atoms with Gasteiger partial charge in [-0.05, 0) is 38.5 Å². The second-order valence-corrected chi connectivity index (χ2v) is 11.2. The summed E-state index contributed by atoms with van der Waals surface area (Å²) in [5.41, 5.74) is 0. The van der Waals surface area contributed by atoms with E-state index in [2.05, 4.69) is 31.3 Å². The largest absolute Gasteiger partial charge is 0.387 e. The van der Waals surface area contributed by atoms with Crippen LogP contribution in [0, 0.1) is 0 Å². The minimum Gasteiger partial charge on any atom is -0.387 e. The smallest absolute Gasteiger partial charge is 0.267 e. The summed E-state index contributed by atoms with van der Waals surface area (Å²) in [6.45, 7) is 4.39. The molecule has 0 fully saturated rings. The van der Waals surface area contributed by atoms with E-state index in [-0.39, 0.29) is 12.3 Å². The summed E-state index contributed by atoms with van der Waals surface area (Å²) in [7, 11) is -4.32. The Kier molecular flexibility index (Phi) is 22.4. The molecule has 0 heterocycles. The van der Waals surface area contributed by atoms with E-state index < -0.39 is 28.0 Å². The van der Waals surface area contributed by atoms with Crippen LogP contribution >= 0.6 is 0 Å². The number of rotatable bonds is 24. The lowest BCUT2D eigenvalue weighted by molar-refractivity contribution is -0.122. The van der Waals surface area contributed by atoms with Crippen LogP contribution in [0.1, 0.15) is 129 Å². The highest BCUT2D eigenvalue weighted by atomic mass is 32.2. The summed E-state index contributed by atoms with van der Waals surface area (Å²) in [4.78, 5) is 12.3. The van der Waals surface area contributed by atoms with Gasteiger partial charge in [0.25, 0.3) is 10.1 Å². The lowest BCUT2D eigenvalue weighted by Crippen LogP contribution is -2.46. The molecule has 3 N–H and O–H groups in total. The van der Waals surface area contributed by atoms with E-state index in [1.54, 1.807) is 0 Å². The third-order valence-corrected chi connectivity index (χ3v) is 6.90. The fourth-order valence-corrected chi connectivity index (χ4v) is 4.69. The Labute approximate surface area is 215 Å². The third kappa shape index (κ3) is 24.3. The lowest BCUT2D eigenvalue weighted by atomic mass is 10.1. The van der Waals surface area contributed by atoms with Gasteiger partial charge >= 0.3 is 0 Å². The van der Waals surface area contributed by atoms with Crippen molar-refractivity contribution in [2.24, 2.45) is 0 Å². The van der Waals surface area contributed by atoms with E-state index in [1.807, 2.05) is 6.08 Å². The van der Waals surface area contributed by atoms with Crippen LogP contribution in [-0.4, -0.2) is 41.9 Å². The average Bonchev–Trinajstić information content (AvgIpc) is 2.80. The molecule has 2 atom stereocenters. The van der Waals surface area contributed by atoms with Gasteiger partial charge in [0.15, 0.2) is 0 Å². The second kappa shape index (κ2) is 23.2. The molecule has 0 aliphatic rings. The number of hydrogen-bond acceptors (Lipinski definition) is 4. The van der Waals surface area contributed by atoms with Crippen LogP contribution in [-0.2, 0) is 14.9 Å². The first-order valence-corrected chi connectivity index (χ1v) is 15.6. The Bertz CT molecular complexity index is 660. The van der Waals surface area contributed by atoms with Crippen molar-refractivity contribution in [2.45, 2.75) is 142 Å². The molecular formula is C28H53NO5S. The highest BCUT2D eigenvalue weighted by Crippen LogP contribution is 2.11. The molecule has 206 valence electrons. The first-order chi connectivity index (χ1) is 16.8. The number of unbranched alkanes of at least 4 members (excludes halogenated alkanes) is 14. The van der Waals surface area contributed by atoms with E-state index in [1.165, 1.54) is 51.0 Å². The Balaban J connectivity index is 4.18. The van der Waals surface area contributed by atoms with Gasteiger partial charge in [0.05, 0.1) is 17.9 Å². The second-order valence-electron chi connectivity index (χ2n) is 9.67. The normalized spacial score (nSPS) is 14.1. The topological polar surface area (TPSA) is 104 Å².